The first-order valence-corrected chi connectivity index (χ1v) is 6.34. The lowest BCUT2D eigenvalue weighted by atomic mass is 10.3. The number of nitrogens with one attached hydrogen (secondary N) is 1. The molecule has 1 fully saturated rings. The van der Waals surface area contributed by atoms with Crippen LogP contribution in [-0.4, -0.2) is 69.3 Å². The van der Waals surface area contributed by atoms with Gasteiger partial charge in [-0.2, -0.15) is 0 Å². The van der Waals surface area contributed by atoms with Crippen molar-refractivity contribution in [3.8, 4) is 0 Å². The Morgan fingerprint density at radius 2 is 2.40 bits per heavy atom. The molecule has 0 saturated carbocycles. The van der Waals surface area contributed by atoms with E-state index in [-0.39, 0.29) is 17.8 Å². The number of amides is 2. The molecule has 1 unspecified atom stereocenters. The van der Waals surface area contributed by atoms with Crippen molar-refractivity contribution in [2.24, 2.45) is 0 Å². The fourth-order valence-corrected chi connectivity index (χ4v) is 1.90. The third kappa shape index (κ3) is 3.67. The Morgan fingerprint density at radius 1 is 1.60 bits per heavy atom. The van der Waals surface area contributed by atoms with Crippen molar-refractivity contribution < 1.29 is 19.4 Å². The lowest BCUT2D eigenvalue weighted by Gasteiger charge is -2.31. The predicted molar refractivity (Wildman–Crippen MR) is 67.4 cm³/mol. The lowest BCUT2D eigenvalue weighted by Crippen LogP contribution is -2.49. The van der Waals surface area contributed by atoms with E-state index in [0.717, 1.165) is 0 Å². The van der Waals surface area contributed by atoms with Crippen molar-refractivity contribution >= 4 is 12.0 Å². The average molecular weight is 283 g/mol. The zero-order chi connectivity index (χ0) is 14.5. The molecular weight excluding hydrogens is 266 g/mol. The molecule has 0 radical (unpaired) electrons. The molecule has 1 aliphatic heterocycles. The molecule has 1 atom stereocenters. The maximum atomic E-state index is 11.9. The van der Waals surface area contributed by atoms with Crippen LogP contribution in [0.4, 0.5) is 4.79 Å². The highest BCUT2D eigenvalue weighted by atomic mass is 16.5. The summed E-state index contributed by atoms with van der Waals surface area (Å²) < 4.78 is 6.74. The summed E-state index contributed by atoms with van der Waals surface area (Å²) in [4.78, 5) is 24.2. The van der Waals surface area contributed by atoms with Gasteiger partial charge in [0.2, 0.25) is 0 Å². The number of hydrogen-bond acceptors (Lipinski definition) is 5. The monoisotopic (exact) mass is 283 g/mol. The molecule has 1 aromatic rings. The average Bonchev–Trinajstić information content (AvgIpc) is 2.87. The smallest absolute Gasteiger partial charge is 0.358 e. The molecule has 2 N–H and O–H groups in total. The summed E-state index contributed by atoms with van der Waals surface area (Å²) in [5, 5.41) is 18.6. The predicted octanol–water partition coefficient (Wildman–Crippen LogP) is -0.593. The van der Waals surface area contributed by atoms with Gasteiger partial charge in [0.25, 0.3) is 0 Å². The number of ether oxygens (including phenoxy) is 1. The van der Waals surface area contributed by atoms with Crippen LogP contribution in [0.3, 0.4) is 0 Å². The number of rotatable bonds is 4. The largest absolute Gasteiger partial charge is 0.476 e. The Bertz CT molecular complexity index is 489. The van der Waals surface area contributed by atoms with Gasteiger partial charge in [0.15, 0.2) is 5.69 Å². The topological polar surface area (TPSA) is 110 Å². The Morgan fingerprint density at radius 3 is 3.05 bits per heavy atom. The molecule has 1 aliphatic rings. The molecule has 110 valence electrons. The second-order valence-electron chi connectivity index (χ2n) is 4.53. The number of nitrogens with zero attached hydrogens (tertiary/aromatic N) is 4. The normalized spacial score (nSPS) is 18.9. The van der Waals surface area contributed by atoms with Gasteiger partial charge >= 0.3 is 12.0 Å². The Balaban J connectivity index is 1.74. The van der Waals surface area contributed by atoms with Crippen LogP contribution in [0.25, 0.3) is 0 Å². The summed E-state index contributed by atoms with van der Waals surface area (Å²) in [7, 11) is 0. The minimum absolute atomic E-state index is 0.0444. The number of carboxylic acid groups (broad SMARTS) is 1. The Kier molecular flexibility index (Phi) is 4.51. The van der Waals surface area contributed by atoms with Crippen molar-refractivity contribution in [2.75, 3.05) is 26.2 Å². The highest BCUT2D eigenvalue weighted by Crippen LogP contribution is 2.04. The molecule has 0 bridgehead atoms. The van der Waals surface area contributed by atoms with E-state index in [1.807, 2.05) is 6.92 Å². The summed E-state index contributed by atoms with van der Waals surface area (Å²) in [6, 6.07) is -0.154. The summed E-state index contributed by atoms with van der Waals surface area (Å²) in [6.45, 7) is 4.32. The SMILES string of the molecule is CC1CN(C(=O)NCCn2cc(C(=O)O)nn2)CCO1. The molecule has 1 saturated heterocycles. The Hall–Kier alpha value is -2.16. The second kappa shape index (κ2) is 6.33. The summed E-state index contributed by atoms with van der Waals surface area (Å²) in [5.74, 6) is -1.12. The molecular formula is C11H17N5O4. The maximum absolute atomic E-state index is 11.9. The standard InChI is InChI=1S/C11H17N5O4/c1-8-6-15(4-5-20-8)11(19)12-2-3-16-7-9(10(17)18)13-14-16/h7-8H,2-6H2,1H3,(H,12,19)(H,17,18). The van der Waals surface area contributed by atoms with Crippen LogP contribution < -0.4 is 5.32 Å². The van der Waals surface area contributed by atoms with E-state index < -0.39 is 5.97 Å². The van der Waals surface area contributed by atoms with Crippen LogP contribution >= 0.6 is 0 Å². The van der Waals surface area contributed by atoms with E-state index in [4.69, 9.17) is 9.84 Å². The van der Waals surface area contributed by atoms with Crippen molar-refractivity contribution in [3.63, 3.8) is 0 Å². The molecule has 0 aromatic carbocycles. The van der Waals surface area contributed by atoms with Gasteiger partial charge in [0.1, 0.15) is 0 Å². The van der Waals surface area contributed by atoms with Crippen LogP contribution in [0, 0.1) is 0 Å². The van der Waals surface area contributed by atoms with Gasteiger partial charge in [-0.15, -0.1) is 5.10 Å². The highest BCUT2D eigenvalue weighted by Gasteiger charge is 2.20. The fraction of sp³-hybridized carbons (Fsp3) is 0.636. The van der Waals surface area contributed by atoms with Crippen molar-refractivity contribution in [2.45, 2.75) is 19.6 Å². The molecule has 0 aliphatic carbocycles. The minimum atomic E-state index is -1.12. The molecule has 1 aromatic heterocycles. The van der Waals surface area contributed by atoms with E-state index in [9.17, 15) is 9.59 Å². The number of carbonyl (C=O) groups is 2. The van der Waals surface area contributed by atoms with E-state index in [2.05, 4.69) is 15.6 Å². The van der Waals surface area contributed by atoms with Gasteiger partial charge < -0.3 is 20.1 Å². The van der Waals surface area contributed by atoms with Crippen LogP contribution in [-0.2, 0) is 11.3 Å². The Labute approximate surface area is 115 Å². The molecule has 20 heavy (non-hydrogen) atoms. The maximum Gasteiger partial charge on any atom is 0.358 e. The van der Waals surface area contributed by atoms with Gasteiger partial charge in [-0.25, -0.2) is 14.3 Å². The van der Waals surface area contributed by atoms with Crippen molar-refractivity contribution in [3.05, 3.63) is 11.9 Å². The molecule has 0 spiro atoms. The zero-order valence-electron chi connectivity index (χ0n) is 11.2. The van der Waals surface area contributed by atoms with Crippen LogP contribution in [0.15, 0.2) is 6.20 Å². The molecule has 9 nitrogen and oxygen atoms in total. The van der Waals surface area contributed by atoms with Gasteiger partial charge in [-0.3, -0.25) is 0 Å². The second-order valence-corrected chi connectivity index (χ2v) is 4.53. The first-order chi connectivity index (χ1) is 9.56. The number of aromatic carboxylic acids is 1. The lowest BCUT2D eigenvalue weighted by molar-refractivity contribution is -0.00347. The first-order valence-electron chi connectivity index (χ1n) is 6.34. The van der Waals surface area contributed by atoms with E-state index in [1.54, 1.807) is 4.90 Å². The third-order valence-electron chi connectivity index (χ3n) is 2.90. The van der Waals surface area contributed by atoms with Gasteiger partial charge in [0.05, 0.1) is 25.5 Å². The van der Waals surface area contributed by atoms with Crippen molar-refractivity contribution in [1.29, 1.82) is 0 Å². The van der Waals surface area contributed by atoms with Gasteiger partial charge in [0, 0.05) is 19.6 Å². The number of carboxylic acids is 1. The molecule has 2 heterocycles. The summed E-state index contributed by atoms with van der Waals surface area (Å²) in [5.41, 5.74) is -0.113. The van der Waals surface area contributed by atoms with E-state index in [0.29, 0.717) is 32.8 Å². The van der Waals surface area contributed by atoms with E-state index in [1.165, 1.54) is 10.9 Å². The highest BCUT2D eigenvalue weighted by molar-refractivity contribution is 5.84. The minimum Gasteiger partial charge on any atom is -0.476 e. The quantitative estimate of drug-likeness (QED) is 0.764. The number of morpholine rings is 1. The van der Waals surface area contributed by atoms with Crippen LogP contribution in [0.5, 0.6) is 0 Å². The fourth-order valence-electron chi connectivity index (χ4n) is 1.90. The van der Waals surface area contributed by atoms with Crippen LogP contribution in [0.2, 0.25) is 0 Å². The zero-order valence-corrected chi connectivity index (χ0v) is 11.2. The number of carbonyl (C=O) groups excluding carboxylic acids is 1. The summed E-state index contributed by atoms with van der Waals surface area (Å²) >= 11 is 0. The summed E-state index contributed by atoms with van der Waals surface area (Å²) in [6.07, 6.45) is 1.37. The van der Waals surface area contributed by atoms with Gasteiger partial charge in [-0.05, 0) is 6.92 Å². The van der Waals surface area contributed by atoms with Crippen LogP contribution in [0.1, 0.15) is 17.4 Å². The number of aromatic nitrogens is 3. The number of hydrogen-bond donors (Lipinski definition) is 2. The molecule has 2 amide bonds. The third-order valence-corrected chi connectivity index (χ3v) is 2.90. The van der Waals surface area contributed by atoms with E-state index >= 15 is 0 Å². The number of urea groups is 1. The van der Waals surface area contributed by atoms with Crippen molar-refractivity contribution in [1.82, 2.24) is 25.2 Å². The molecule has 2 rings (SSSR count). The van der Waals surface area contributed by atoms with Gasteiger partial charge in [-0.1, -0.05) is 5.21 Å². The molecule has 9 heteroatoms. The first kappa shape index (κ1) is 14.3.